The molecule has 1 aliphatic carbocycles. The molecule has 0 radical (unpaired) electrons. The third-order valence-corrected chi connectivity index (χ3v) is 5.30. The maximum absolute atomic E-state index is 12.2. The Kier molecular flexibility index (Phi) is 4.05. The van der Waals surface area contributed by atoms with Crippen LogP contribution in [0.2, 0.25) is 5.02 Å². The molecule has 5 nitrogen and oxygen atoms in total. The molecular weight excluding hydrogens is 374 g/mol. The lowest BCUT2D eigenvalue weighted by molar-refractivity contribution is -0.135. The first-order valence-corrected chi connectivity index (χ1v) is 9.68. The second-order valence-corrected chi connectivity index (χ2v) is 7.62. The molecule has 1 atom stereocenters. The quantitative estimate of drug-likeness (QED) is 0.631. The van der Waals surface area contributed by atoms with Crippen LogP contribution in [0, 0.1) is 0 Å². The normalized spacial score (nSPS) is 18.9. The number of ether oxygens (including phenoxy) is 1. The van der Waals surface area contributed by atoms with E-state index >= 15 is 0 Å². The second-order valence-electron chi connectivity index (χ2n) is 7.18. The monoisotopic (exact) mass is 391 g/mol. The van der Waals surface area contributed by atoms with Gasteiger partial charge in [-0.25, -0.2) is 0 Å². The number of hydrogen-bond acceptors (Lipinski definition) is 4. The van der Waals surface area contributed by atoms with E-state index < -0.39 is 6.23 Å². The van der Waals surface area contributed by atoms with E-state index in [2.05, 4.69) is 11.2 Å². The van der Waals surface area contributed by atoms with Crippen molar-refractivity contribution < 1.29 is 9.53 Å². The van der Waals surface area contributed by atoms with Crippen LogP contribution in [0.15, 0.2) is 59.7 Å². The predicted molar refractivity (Wildman–Crippen MR) is 108 cm³/mol. The van der Waals surface area contributed by atoms with E-state index in [4.69, 9.17) is 21.3 Å². The van der Waals surface area contributed by atoms with Gasteiger partial charge in [-0.15, -0.1) is 5.10 Å². The molecule has 0 spiro atoms. The SMILES string of the molecule is CC(=O)N1N=C(c2cc(C3CC3)nc3ccccc23)OC1c1cccc(Cl)c1. The average Bonchev–Trinajstić information content (AvgIpc) is 3.45. The van der Waals surface area contributed by atoms with Crippen molar-refractivity contribution in [1.82, 2.24) is 9.99 Å². The number of para-hydroxylation sites is 1. The first kappa shape index (κ1) is 17.2. The lowest BCUT2D eigenvalue weighted by Crippen LogP contribution is -2.25. The molecule has 1 unspecified atom stereocenters. The molecule has 2 heterocycles. The fourth-order valence-corrected chi connectivity index (χ4v) is 3.71. The Balaban J connectivity index is 1.61. The summed E-state index contributed by atoms with van der Waals surface area (Å²) in [6.07, 6.45) is 1.67. The Morgan fingerprint density at radius 3 is 2.71 bits per heavy atom. The maximum atomic E-state index is 12.2. The standard InChI is InChI=1S/C22H18ClN3O2/c1-13(27)26-22(15-5-4-6-16(23)11-15)28-21(25-26)18-12-20(14-9-10-14)24-19-8-3-2-7-17(18)19/h2-8,11-12,14,22H,9-10H2,1H3. The van der Waals surface area contributed by atoms with Crippen molar-refractivity contribution in [3.05, 3.63) is 76.4 Å². The number of hydrazone groups is 1. The molecule has 1 aliphatic heterocycles. The Bertz CT molecular complexity index is 1120. The number of aromatic nitrogens is 1. The van der Waals surface area contributed by atoms with Gasteiger partial charge < -0.3 is 4.74 Å². The number of nitrogens with zero attached hydrogens (tertiary/aromatic N) is 3. The lowest BCUT2D eigenvalue weighted by atomic mass is 10.1. The molecule has 140 valence electrons. The number of amides is 1. The number of hydrogen-bond donors (Lipinski definition) is 0. The van der Waals surface area contributed by atoms with Crippen LogP contribution in [0.4, 0.5) is 0 Å². The molecule has 1 amide bonds. The summed E-state index contributed by atoms with van der Waals surface area (Å²) in [6, 6.07) is 17.3. The summed E-state index contributed by atoms with van der Waals surface area (Å²) in [5.74, 6) is 0.736. The zero-order valence-electron chi connectivity index (χ0n) is 15.3. The third-order valence-electron chi connectivity index (χ3n) is 5.06. The molecule has 0 bridgehead atoms. The van der Waals surface area contributed by atoms with E-state index in [9.17, 15) is 4.79 Å². The van der Waals surface area contributed by atoms with Crippen LogP contribution in [-0.2, 0) is 9.53 Å². The number of halogens is 1. The largest absolute Gasteiger partial charge is 0.446 e. The Morgan fingerprint density at radius 2 is 1.96 bits per heavy atom. The van der Waals surface area contributed by atoms with Crippen molar-refractivity contribution in [2.45, 2.75) is 31.9 Å². The minimum atomic E-state index is -0.637. The number of fused-ring (bicyclic) bond motifs is 1. The summed E-state index contributed by atoms with van der Waals surface area (Å²) in [5.41, 5.74) is 3.61. The van der Waals surface area contributed by atoms with Gasteiger partial charge in [0.15, 0.2) is 0 Å². The number of carbonyl (C=O) groups is 1. The molecule has 3 aromatic rings. The molecule has 0 saturated heterocycles. The van der Waals surface area contributed by atoms with E-state index in [0.717, 1.165) is 40.6 Å². The summed E-state index contributed by atoms with van der Waals surface area (Å²) >= 11 is 6.14. The molecule has 2 aromatic carbocycles. The van der Waals surface area contributed by atoms with Crippen molar-refractivity contribution in [3.8, 4) is 0 Å². The smallest absolute Gasteiger partial charge is 0.243 e. The Labute approximate surface area is 167 Å². The second kappa shape index (κ2) is 6.60. The molecule has 0 N–H and O–H groups in total. The number of rotatable bonds is 3. The van der Waals surface area contributed by atoms with Crippen molar-refractivity contribution in [2.75, 3.05) is 0 Å². The van der Waals surface area contributed by atoms with Gasteiger partial charge in [0, 0.05) is 40.1 Å². The highest BCUT2D eigenvalue weighted by atomic mass is 35.5. The highest BCUT2D eigenvalue weighted by Gasteiger charge is 2.35. The fourth-order valence-electron chi connectivity index (χ4n) is 3.51. The fraction of sp³-hybridized carbons (Fsp3) is 0.227. The van der Waals surface area contributed by atoms with E-state index in [1.807, 2.05) is 36.4 Å². The molecule has 5 rings (SSSR count). The summed E-state index contributed by atoms with van der Waals surface area (Å²) in [4.78, 5) is 17.0. The minimum Gasteiger partial charge on any atom is -0.446 e. The van der Waals surface area contributed by atoms with Gasteiger partial charge in [-0.2, -0.15) is 5.01 Å². The molecule has 1 aromatic heterocycles. The van der Waals surface area contributed by atoms with Crippen LogP contribution < -0.4 is 0 Å². The van der Waals surface area contributed by atoms with Crippen LogP contribution in [0.1, 0.15) is 48.7 Å². The predicted octanol–water partition coefficient (Wildman–Crippen LogP) is 5.00. The summed E-state index contributed by atoms with van der Waals surface area (Å²) in [7, 11) is 0. The first-order chi connectivity index (χ1) is 13.6. The highest BCUT2D eigenvalue weighted by Crippen LogP contribution is 2.41. The van der Waals surface area contributed by atoms with Gasteiger partial charge in [0.2, 0.25) is 18.0 Å². The van der Waals surface area contributed by atoms with Gasteiger partial charge in [-0.1, -0.05) is 41.9 Å². The zero-order valence-corrected chi connectivity index (χ0v) is 16.1. The van der Waals surface area contributed by atoms with Gasteiger partial charge in [0.1, 0.15) is 0 Å². The van der Waals surface area contributed by atoms with Crippen molar-refractivity contribution in [1.29, 1.82) is 0 Å². The molecule has 28 heavy (non-hydrogen) atoms. The van der Waals surface area contributed by atoms with Gasteiger partial charge in [-0.05, 0) is 37.1 Å². The van der Waals surface area contributed by atoms with Gasteiger partial charge in [0.05, 0.1) is 5.52 Å². The number of benzene rings is 2. The lowest BCUT2D eigenvalue weighted by Gasteiger charge is -2.19. The molecule has 1 saturated carbocycles. The van der Waals surface area contributed by atoms with Crippen molar-refractivity contribution in [2.24, 2.45) is 5.10 Å². The van der Waals surface area contributed by atoms with E-state index in [1.165, 1.54) is 11.9 Å². The minimum absolute atomic E-state index is 0.194. The third kappa shape index (κ3) is 3.02. The summed E-state index contributed by atoms with van der Waals surface area (Å²) in [6.45, 7) is 1.48. The molecular formula is C22H18ClN3O2. The molecule has 6 heteroatoms. The average molecular weight is 392 g/mol. The van der Waals surface area contributed by atoms with Crippen molar-refractivity contribution in [3.63, 3.8) is 0 Å². The highest BCUT2D eigenvalue weighted by molar-refractivity contribution is 6.30. The topological polar surface area (TPSA) is 54.8 Å². The van der Waals surface area contributed by atoms with Gasteiger partial charge >= 0.3 is 0 Å². The number of carbonyl (C=O) groups excluding carboxylic acids is 1. The van der Waals surface area contributed by atoms with Crippen LogP contribution in [-0.4, -0.2) is 21.8 Å². The van der Waals surface area contributed by atoms with Crippen molar-refractivity contribution >= 4 is 34.3 Å². The molecule has 1 fully saturated rings. The summed E-state index contributed by atoms with van der Waals surface area (Å²) < 4.78 is 6.19. The van der Waals surface area contributed by atoms with Crippen LogP contribution in [0.3, 0.4) is 0 Å². The van der Waals surface area contributed by atoms with E-state index in [-0.39, 0.29) is 5.91 Å². The van der Waals surface area contributed by atoms with Crippen LogP contribution in [0.25, 0.3) is 10.9 Å². The molecule has 2 aliphatic rings. The Morgan fingerprint density at radius 1 is 1.14 bits per heavy atom. The number of pyridine rings is 1. The van der Waals surface area contributed by atoms with E-state index in [1.54, 1.807) is 12.1 Å². The maximum Gasteiger partial charge on any atom is 0.243 e. The van der Waals surface area contributed by atoms with Gasteiger partial charge in [-0.3, -0.25) is 9.78 Å². The van der Waals surface area contributed by atoms with Gasteiger partial charge in [0.25, 0.3) is 0 Å². The van der Waals surface area contributed by atoms with Crippen LogP contribution >= 0.6 is 11.6 Å². The Hall–Kier alpha value is -2.92. The van der Waals surface area contributed by atoms with Crippen LogP contribution in [0.5, 0.6) is 0 Å². The first-order valence-electron chi connectivity index (χ1n) is 9.31. The summed E-state index contributed by atoms with van der Waals surface area (Å²) in [5, 5.41) is 7.44. The van der Waals surface area contributed by atoms with E-state index in [0.29, 0.717) is 16.8 Å². The zero-order chi connectivity index (χ0) is 19.3.